The zero-order valence-corrected chi connectivity index (χ0v) is 9.82. The van der Waals surface area contributed by atoms with E-state index in [-0.39, 0.29) is 0 Å². The van der Waals surface area contributed by atoms with Crippen LogP contribution in [-0.4, -0.2) is 36.6 Å². The van der Waals surface area contributed by atoms with Gasteiger partial charge in [0, 0.05) is 19.3 Å². The highest BCUT2D eigenvalue weighted by atomic mass is 15.1. The fourth-order valence-corrected chi connectivity index (χ4v) is 2.25. The van der Waals surface area contributed by atoms with Crippen LogP contribution in [0.5, 0.6) is 0 Å². The van der Waals surface area contributed by atoms with Crippen molar-refractivity contribution in [2.24, 2.45) is 5.92 Å². The molecule has 0 bridgehead atoms. The number of rotatable bonds is 3. The minimum absolute atomic E-state index is 0.708. The van der Waals surface area contributed by atoms with Crippen LogP contribution in [0.2, 0.25) is 0 Å². The fourth-order valence-electron chi connectivity index (χ4n) is 2.25. The number of hydrogen-bond donors (Lipinski definition) is 2. The topological polar surface area (TPSA) is 54.2 Å². The summed E-state index contributed by atoms with van der Waals surface area (Å²) in [7, 11) is 2.18. The maximum atomic E-state index is 5.83. The number of aromatic nitrogens is 1. The van der Waals surface area contributed by atoms with Crippen LogP contribution < -0.4 is 11.1 Å². The summed E-state index contributed by atoms with van der Waals surface area (Å²) in [6.07, 6.45) is 4.36. The second-order valence-corrected chi connectivity index (χ2v) is 4.59. The summed E-state index contributed by atoms with van der Waals surface area (Å²) in [4.78, 5) is 6.62. The van der Waals surface area contributed by atoms with Crippen LogP contribution in [0.4, 0.5) is 11.5 Å². The van der Waals surface area contributed by atoms with Gasteiger partial charge in [-0.15, -0.1) is 0 Å². The molecule has 1 aliphatic heterocycles. The van der Waals surface area contributed by atoms with Gasteiger partial charge in [-0.2, -0.15) is 0 Å². The molecule has 0 saturated carbocycles. The first-order valence-corrected chi connectivity index (χ1v) is 5.88. The highest BCUT2D eigenvalue weighted by Crippen LogP contribution is 2.18. The largest absolute Gasteiger partial charge is 0.396 e. The summed E-state index contributed by atoms with van der Waals surface area (Å²) in [5.74, 6) is 1.52. The molecule has 2 rings (SSSR count). The molecule has 88 valence electrons. The minimum atomic E-state index is 0.708. The number of nitrogens with zero attached hydrogens (tertiary/aromatic N) is 2. The normalized spacial score (nSPS) is 21.9. The van der Waals surface area contributed by atoms with Crippen molar-refractivity contribution in [2.75, 3.05) is 37.7 Å². The van der Waals surface area contributed by atoms with E-state index in [1.54, 1.807) is 6.20 Å². The minimum Gasteiger partial charge on any atom is -0.396 e. The van der Waals surface area contributed by atoms with Crippen LogP contribution in [0, 0.1) is 5.92 Å². The van der Waals surface area contributed by atoms with Crippen LogP contribution in [0.25, 0.3) is 0 Å². The van der Waals surface area contributed by atoms with Gasteiger partial charge < -0.3 is 16.0 Å². The Bertz CT molecular complexity index is 340. The number of piperidine rings is 1. The van der Waals surface area contributed by atoms with E-state index >= 15 is 0 Å². The second kappa shape index (κ2) is 5.16. The Labute approximate surface area is 96.8 Å². The zero-order chi connectivity index (χ0) is 11.4. The van der Waals surface area contributed by atoms with Gasteiger partial charge in [0.05, 0.1) is 5.69 Å². The summed E-state index contributed by atoms with van der Waals surface area (Å²) in [5.41, 5.74) is 6.56. The molecule has 1 saturated heterocycles. The molecule has 1 aliphatic rings. The summed E-state index contributed by atoms with van der Waals surface area (Å²) >= 11 is 0. The van der Waals surface area contributed by atoms with Crippen molar-refractivity contribution < 1.29 is 0 Å². The average Bonchev–Trinajstić information content (AvgIpc) is 2.28. The quantitative estimate of drug-likeness (QED) is 0.809. The summed E-state index contributed by atoms with van der Waals surface area (Å²) in [5, 5.41) is 3.34. The van der Waals surface area contributed by atoms with Gasteiger partial charge in [0.1, 0.15) is 5.82 Å². The van der Waals surface area contributed by atoms with Crippen molar-refractivity contribution in [3.05, 3.63) is 18.3 Å². The molecule has 1 atom stereocenters. The van der Waals surface area contributed by atoms with E-state index in [9.17, 15) is 0 Å². The monoisotopic (exact) mass is 220 g/mol. The third kappa shape index (κ3) is 2.85. The second-order valence-electron chi connectivity index (χ2n) is 4.59. The molecular weight excluding hydrogens is 200 g/mol. The predicted octanol–water partition coefficient (Wildman–Crippen LogP) is 1.42. The molecule has 1 aromatic heterocycles. The summed E-state index contributed by atoms with van der Waals surface area (Å²) in [6.45, 7) is 3.35. The van der Waals surface area contributed by atoms with Crippen molar-refractivity contribution >= 4 is 11.5 Å². The number of pyridine rings is 1. The number of likely N-dealkylation sites (tertiary alicyclic amines) is 1. The van der Waals surface area contributed by atoms with Gasteiger partial charge in [-0.05, 0) is 44.5 Å². The van der Waals surface area contributed by atoms with Gasteiger partial charge in [-0.3, -0.25) is 0 Å². The third-order valence-corrected chi connectivity index (χ3v) is 3.12. The van der Waals surface area contributed by atoms with Crippen LogP contribution in [-0.2, 0) is 0 Å². The number of nitrogens with two attached hydrogens (primary N) is 1. The highest BCUT2D eigenvalue weighted by Gasteiger charge is 2.16. The van der Waals surface area contributed by atoms with Gasteiger partial charge in [0.15, 0.2) is 0 Å². The van der Waals surface area contributed by atoms with Crippen LogP contribution >= 0.6 is 0 Å². The Hall–Kier alpha value is -1.29. The number of nitrogens with one attached hydrogen (secondary N) is 1. The lowest BCUT2D eigenvalue weighted by Crippen LogP contribution is -2.35. The molecule has 1 fully saturated rings. The summed E-state index contributed by atoms with van der Waals surface area (Å²) < 4.78 is 0. The van der Waals surface area contributed by atoms with Crippen molar-refractivity contribution in [2.45, 2.75) is 12.8 Å². The maximum Gasteiger partial charge on any atom is 0.149 e. The molecule has 0 aromatic carbocycles. The first-order chi connectivity index (χ1) is 7.75. The Kier molecular flexibility index (Phi) is 3.62. The lowest BCUT2D eigenvalue weighted by atomic mass is 9.98. The molecule has 4 nitrogen and oxygen atoms in total. The van der Waals surface area contributed by atoms with Crippen molar-refractivity contribution in [1.82, 2.24) is 9.88 Å². The molecule has 2 heterocycles. The Morgan fingerprint density at radius 1 is 1.62 bits per heavy atom. The first-order valence-electron chi connectivity index (χ1n) is 5.88. The van der Waals surface area contributed by atoms with E-state index in [2.05, 4.69) is 22.2 Å². The van der Waals surface area contributed by atoms with Gasteiger partial charge in [0.25, 0.3) is 0 Å². The molecule has 4 heteroatoms. The van der Waals surface area contributed by atoms with Crippen LogP contribution in [0.15, 0.2) is 18.3 Å². The van der Waals surface area contributed by atoms with Crippen LogP contribution in [0.3, 0.4) is 0 Å². The van der Waals surface area contributed by atoms with Crippen LogP contribution in [0.1, 0.15) is 12.8 Å². The standard InChI is InChI=1S/C12H20N4/c1-16-7-3-4-10(9-16)8-15-12-11(13)5-2-6-14-12/h2,5-6,10H,3-4,7-9,13H2,1H3,(H,14,15). The number of hydrogen-bond acceptors (Lipinski definition) is 4. The van der Waals surface area contributed by atoms with E-state index in [0.717, 1.165) is 18.1 Å². The molecule has 1 aromatic rings. The number of anilines is 2. The Morgan fingerprint density at radius 2 is 2.50 bits per heavy atom. The molecule has 16 heavy (non-hydrogen) atoms. The molecule has 0 spiro atoms. The Morgan fingerprint density at radius 3 is 3.25 bits per heavy atom. The smallest absolute Gasteiger partial charge is 0.149 e. The average molecular weight is 220 g/mol. The molecule has 1 unspecified atom stereocenters. The first kappa shape index (κ1) is 11.2. The third-order valence-electron chi connectivity index (χ3n) is 3.12. The lowest BCUT2D eigenvalue weighted by Gasteiger charge is -2.29. The predicted molar refractivity (Wildman–Crippen MR) is 67.4 cm³/mol. The lowest BCUT2D eigenvalue weighted by molar-refractivity contribution is 0.217. The fraction of sp³-hybridized carbons (Fsp3) is 0.583. The van der Waals surface area contributed by atoms with Gasteiger partial charge >= 0.3 is 0 Å². The Balaban J connectivity index is 1.85. The molecule has 0 aliphatic carbocycles. The van der Waals surface area contributed by atoms with E-state index in [1.165, 1.54) is 25.9 Å². The van der Waals surface area contributed by atoms with Gasteiger partial charge in [-0.1, -0.05) is 0 Å². The number of nitrogen functional groups attached to an aromatic ring is 1. The van der Waals surface area contributed by atoms with Crippen molar-refractivity contribution in [3.8, 4) is 0 Å². The molecular formula is C12H20N4. The molecule has 0 amide bonds. The molecule has 3 N–H and O–H groups in total. The zero-order valence-electron chi connectivity index (χ0n) is 9.82. The van der Waals surface area contributed by atoms with E-state index in [1.807, 2.05) is 12.1 Å². The van der Waals surface area contributed by atoms with E-state index in [0.29, 0.717) is 5.92 Å². The highest BCUT2D eigenvalue weighted by molar-refractivity contribution is 5.60. The molecule has 0 radical (unpaired) electrons. The maximum absolute atomic E-state index is 5.83. The van der Waals surface area contributed by atoms with Gasteiger partial charge in [-0.25, -0.2) is 4.98 Å². The van der Waals surface area contributed by atoms with E-state index < -0.39 is 0 Å². The van der Waals surface area contributed by atoms with E-state index in [4.69, 9.17) is 5.73 Å². The van der Waals surface area contributed by atoms with Crippen molar-refractivity contribution in [1.29, 1.82) is 0 Å². The van der Waals surface area contributed by atoms with Crippen molar-refractivity contribution in [3.63, 3.8) is 0 Å². The van der Waals surface area contributed by atoms with Gasteiger partial charge in [0.2, 0.25) is 0 Å². The SMILES string of the molecule is CN1CCCC(CNc2ncccc2N)C1. The summed E-state index contributed by atoms with van der Waals surface area (Å²) in [6, 6.07) is 3.73.